The number of amides is 2. The van der Waals surface area contributed by atoms with Gasteiger partial charge in [0.1, 0.15) is 4.21 Å². The van der Waals surface area contributed by atoms with Crippen molar-refractivity contribution >= 4 is 63.9 Å². The van der Waals surface area contributed by atoms with Crippen LogP contribution in [0, 0.1) is 5.41 Å². The summed E-state index contributed by atoms with van der Waals surface area (Å²) in [6, 6.07) is 4.19. The fraction of sp³-hybridized carbons (Fsp3) is 0.353. The van der Waals surface area contributed by atoms with Crippen molar-refractivity contribution in [1.82, 2.24) is 4.72 Å². The second-order valence-corrected chi connectivity index (χ2v) is 9.56. The molecule has 0 aliphatic rings. The fourth-order valence-corrected chi connectivity index (χ4v) is 4.31. The molecule has 0 saturated heterocycles. The van der Waals surface area contributed by atoms with Crippen molar-refractivity contribution in [1.29, 1.82) is 0 Å². The number of halogens is 2. The zero-order valence-electron chi connectivity index (χ0n) is 15.0. The van der Waals surface area contributed by atoms with Crippen LogP contribution in [0.15, 0.2) is 27.8 Å². The molecule has 1 aromatic heterocycles. The van der Waals surface area contributed by atoms with E-state index in [0.29, 0.717) is 14.9 Å². The van der Waals surface area contributed by atoms with Crippen molar-refractivity contribution in [3.05, 3.63) is 33.6 Å². The Bertz CT molecular complexity index is 809. The van der Waals surface area contributed by atoms with Crippen LogP contribution in [-0.2, 0) is 0 Å². The highest BCUT2D eigenvalue weighted by Crippen LogP contribution is 2.41. The molecular formula is C17H21Cl2N3O3S2. The van der Waals surface area contributed by atoms with Crippen molar-refractivity contribution in [2.75, 3.05) is 17.2 Å². The predicted octanol–water partition coefficient (Wildman–Crippen LogP) is 5.41. The standard InChI is InChI=1S/C17H21Cl2N3O3S2/c1-17(2,3)12(7-23)22-27-15-14(24)11(8-26-15)21-16(25)20-10-6-4-5-9(18)13(10)19/h4-6,8,12,22-24H,7H2,1-3H3,(H2,20,21,25). The van der Waals surface area contributed by atoms with E-state index in [1.807, 2.05) is 20.8 Å². The van der Waals surface area contributed by atoms with Crippen molar-refractivity contribution in [3.8, 4) is 5.75 Å². The van der Waals surface area contributed by atoms with E-state index >= 15 is 0 Å². The molecule has 0 fully saturated rings. The first-order chi connectivity index (χ1) is 12.6. The van der Waals surface area contributed by atoms with Gasteiger partial charge in [-0.25, -0.2) is 4.79 Å². The third-order valence-corrected chi connectivity index (χ3v) is 6.60. The highest BCUT2D eigenvalue weighted by Gasteiger charge is 2.25. The van der Waals surface area contributed by atoms with Gasteiger partial charge in [0, 0.05) is 11.4 Å². The molecule has 2 amide bonds. The number of benzene rings is 1. The Morgan fingerprint density at radius 3 is 2.56 bits per heavy atom. The zero-order chi connectivity index (χ0) is 20.2. The molecule has 0 saturated carbocycles. The van der Waals surface area contributed by atoms with Gasteiger partial charge >= 0.3 is 6.03 Å². The smallest absolute Gasteiger partial charge is 0.323 e. The topological polar surface area (TPSA) is 93.6 Å². The summed E-state index contributed by atoms with van der Waals surface area (Å²) in [6.07, 6.45) is 0. The summed E-state index contributed by atoms with van der Waals surface area (Å²) in [5.74, 6) is -0.0459. The van der Waals surface area contributed by atoms with Crippen molar-refractivity contribution in [2.45, 2.75) is 31.0 Å². The number of anilines is 2. The van der Waals surface area contributed by atoms with Crippen LogP contribution in [0.4, 0.5) is 16.2 Å². The van der Waals surface area contributed by atoms with Crippen LogP contribution < -0.4 is 15.4 Å². The quantitative estimate of drug-likeness (QED) is 0.380. The van der Waals surface area contributed by atoms with Crippen molar-refractivity contribution in [3.63, 3.8) is 0 Å². The first-order valence-electron chi connectivity index (χ1n) is 7.99. The van der Waals surface area contributed by atoms with Gasteiger partial charge in [-0.1, -0.05) is 50.0 Å². The number of thiophene rings is 1. The van der Waals surface area contributed by atoms with Gasteiger partial charge in [-0.05, 0) is 29.5 Å². The van der Waals surface area contributed by atoms with Crippen LogP contribution in [-0.4, -0.2) is 28.9 Å². The Kier molecular flexibility index (Phi) is 7.67. The maximum Gasteiger partial charge on any atom is 0.323 e. The van der Waals surface area contributed by atoms with Crippen LogP contribution >= 0.6 is 46.5 Å². The van der Waals surface area contributed by atoms with Crippen LogP contribution in [0.25, 0.3) is 0 Å². The summed E-state index contributed by atoms with van der Waals surface area (Å²) in [5.41, 5.74) is 0.492. The fourth-order valence-electron chi connectivity index (χ4n) is 1.98. The van der Waals surface area contributed by atoms with E-state index in [1.54, 1.807) is 23.6 Å². The molecule has 148 valence electrons. The summed E-state index contributed by atoms with van der Waals surface area (Å²) in [7, 11) is 0. The van der Waals surface area contributed by atoms with E-state index < -0.39 is 6.03 Å². The van der Waals surface area contributed by atoms with Gasteiger partial charge in [0.2, 0.25) is 0 Å². The van der Waals surface area contributed by atoms with Crippen LogP contribution in [0.2, 0.25) is 10.0 Å². The lowest BCUT2D eigenvalue weighted by atomic mass is 9.88. The Balaban J connectivity index is 2.00. The molecule has 0 spiro atoms. The number of carbonyl (C=O) groups is 1. The SMILES string of the molecule is CC(C)(C)C(CO)NSc1scc(NC(=O)Nc2cccc(Cl)c2Cl)c1O. The monoisotopic (exact) mass is 449 g/mol. The number of aromatic hydroxyl groups is 1. The molecule has 10 heteroatoms. The number of hydrogen-bond acceptors (Lipinski definition) is 6. The molecule has 27 heavy (non-hydrogen) atoms. The predicted molar refractivity (Wildman–Crippen MR) is 114 cm³/mol. The highest BCUT2D eigenvalue weighted by atomic mass is 35.5. The van der Waals surface area contributed by atoms with Crippen LogP contribution in [0.3, 0.4) is 0 Å². The molecule has 6 nitrogen and oxygen atoms in total. The number of nitrogens with one attached hydrogen (secondary N) is 3. The first-order valence-corrected chi connectivity index (χ1v) is 10.4. The average Bonchev–Trinajstić information content (AvgIpc) is 2.91. The van der Waals surface area contributed by atoms with E-state index in [9.17, 15) is 15.0 Å². The highest BCUT2D eigenvalue weighted by molar-refractivity contribution is 7.99. The number of carbonyl (C=O) groups excluding carboxylic acids is 1. The largest absolute Gasteiger partial charge is 0.504 e. The molecule has 5 N–H and O–H groups in total. The molecule has 0 aliphatic carbocycles. The summed E-state index contributed by atoms with van der Waals surface area (Å²) in [6.45, 7) is 5.99. The minimum absolute atomic E-state index is 0.0312. The van der Waals surface area contributed by atoms with Gasteiger partial charge in [0.05, 0.1) is 28.0 Å². The average molecular weight is 450 g/mol. The summed E-state index contributed by atoms with van der Waals surface area (Å²) < 4.78 is 3.72. The van der Waals surface area contributed by atoms with Crippen LogP contribution in [0.5, 0.6) is 5.75 Å². The zero-order valence-corrected chi connectivity index (χ0v) is 18.1. The van der Waals surface area contributed by atoms with E-state index in [-0.39, 0.29) is 34.5 Å². The summed E-state index contributed by atoms with van der Waals surface area (Å²) in [4.78, 5) is 12.2. The van der Waals surface area contributed by atoms with Crippen molar-refractivity contribution in [2.24, 2.45) is 5.41 Å². The van der Waals surface area contributed by atoms with Gasteiger partial charge in [-0.3, -0.25) is 4.72 Å². The van der Waals surface area contributed by atoms with E-state index in [1.165, 1.54) is 23.3 Å². The van der Waals surface area contributed by atoms with Crippen molar-refractivity contribution < 1.29 is 15.0 Å². The number of urea groups is 1. The maximum absolute atomic E-state index is 12.2. The van der Waals surface area contributed by atoms with Gasteiger partial charge in [0.25, 0.3) is 0 Å². The second-order valence-electron chi connectivity index (χ2n) is 6.79. The van der Waals surface area contributed by atoms with E-state index in [2.05, 4.69) is 15.4 Å². The molecule has 0 bridgehead atoms. The summed E-state index contributed by atoms with van der Waals surface area (Å²) >= 11 is 14.4. The lowest BCUT2D eigenvalue weighted by Crippen LogP contribution is -2.39. The molecule has 2 aromatic rings. The Labute approximate surface area is 176 Å². The molecule has 0 aliphatic heterocycles. The van der Waals surface area contributed by atoms with E-state index in [0.717, 1.165) is 0 Å². The number of rotatable bonds is 6. The second kappa shape index (κ2) is 9.36. The Morgan fingerprint density at radius 1 is 1.26 bits per heavy atom. The first kappa shape index (κ1) is 22.1. The lowest BCUT2D eigenvalue weighted by molar-refractivity contribution is 0.179. The number of aliphatic hydroxyl groups is 1. The van der Waals surface area contributed by atoms with Crippen LogP contribution in [0.1, 0.15) is 20.8 Å². The molecule has 2 rings (SSSR count). The lowest BCUT2D eigenvalue weighted by Gasteiger charge is -2.29. The third-order valence-electron chi connectivity index (χ3n) is 3.70. The van der Waals surface area contributed by atoms with Gasteiger partial charge in [0.15, 0.2) is 5.75 Å². The minimum Gasteiger partial charge on any atom is -0.504 e. The normalized spacial score (nSPS) is 12.7. The molecule has 1 aromatic carbocycles. The van der Waals surface area contributed by atoms with Gasteiger partial charge in [-0.15, -0.1) is 11.3 Å². The molecule has 1 unspecified atom stereocenters. The van der Waals surface area contributed by atoms with Gasteiger partial charge in [-0.2, -0.15) is 0 Å². The molecule has 1 heterocycles. The Morgan fingerprint density at radius 2 is 1.93 bits per heavy atom. The molecule has 1 atom stereocenters. The Hall–Kier alpha value is -1.16. The summed E-state index contributed by atoms with van der Waals surface area (Å²) in [5, 5.41) is 27.2. The third kappa shape index (κ3) is 5.91. The minimum atomic E-state index is -0.556. The molecular weight excluding hydrogens is 429 g/mol. The molecule has 0 radical (unpaired) electrons. The number of aliphatic hydroxyl groups excluding tert-OH is 1. The number of hydrogen-bond donors (Lipinski definition) is 5. The van der Waals surface area contributed by atoms with Gasteiger partial charge < -0.3 is 20.8 Å². The maximum atomic E-state index is 12.2. The van der Waals surface area contributed by atoms with E-state index in [4.69, 9.17) is 23.2 Å².